The van der Waals surface area contributed by atoms with E-state index in [4.69, 9.17) is 0 Å². The van der Waals surface area contributed by atoms with Crippen molar-refractivity contribution in [2.45, 2.75) is 51.5 Å². The van der Waals surface area contributed by atoms with Crippen LogP contribution in [0.2, 0.25) is 0 Å². The van der Waals surface area contributed by atoms with E-state index in [1.807, 2.05) is 6.20 Å². The molecule has 0 unspecified atom stereocenters. The van der Waals surface area contributed by atoms with Crippen molar-refractivity contribution in [3.8, 4) is 11.3 Å². The van der Waals surface area contributed by atoms with E-state index in [9.17, 15) is 0 Å². The van der Waals surface area contributed by atoms with E-state index in [0.29, 0.717) is 12.0 Å². The third kappa shape index (κ3) is 3.73. The van der Waals surface area contributed by atoms with Crippen molar-refractivity contribution in [2.75, 3.05) is 25.0 Å². The van der Waals surface area contributed by atoms with Gasteiger partial charge in [0.15, 0.2) is 0 Å². The topological polar surface area (TPSA) is 44.0 Å². The highest BCUT2D eigenvalue weighted by atomic mass is 35.5. The minimum Gasteiger partial charge on any atom is -0.384 e. The van der Waals surface area contributed by atoms with E-state index >= 15 is 0 Å². The first kappa shape index (κ1) is 21.1. The summed E-state index contributed by atoms with van der Waals surface area (Å²) < 4.78 is 0. The van der Waals surface area contributed by atoms with Gasteiger partial charge in [0.1, 0.15) is 0 Å². The number of nitrogens with one attached hydrogen (secondary N) is 2. The predicted molar refractivity (Wildman–Crippen MR) is 114 cm³/mol. The maximum absolute atomic E-state index is 4.45. The number of rotatable bonds is 6. The number of aromatic amines is 1. The highest BCUT2D eigenvalue weighted by Crippen LogP contribution is 2.45. The monoisotopic (exact) mass is 396 g/mol. The summed E-state index contributed by atoms with van der Waals surface area (Å²) in [4.78, 5) is 2.72. The van der Waals surface area contributed by atoms with Gasteiger partial charge in [-0.05, 0) is 62.0 Å². The molecule has 2 heterocycles. The Hall–Kier alpha value is -1.23. The quantitative estimate of drug-likeness (QED) is 0.731. The lowest BCUT2D eigenvalue weighted by Gasteiger charge is -2.37. The summed E-state index contributed by atoms with van der Waals surface area (Å²) in [5.41, 5.74) is 6.85. The highest BCUT2D eigenvalue weighted by molar-refractivity contribution is 5.85. The van der Waals surface area contributed by atoms with Crippen LogP contribution in [0.15, 0.2) is 24.4 Å². The van der Waals surface area contributed by atoms with Crippen LogP contribution in [0.5, 0.6) is 0 Å². The number of benzene rings is 1. The molecule has 26 heavy (non-hydrogen) atoms. The molecule has 4 rings (SSSR count). The summed E-state index contributed by atoms with van der Waals surface area (Å²) in [5, 5.41) is 11.1. The third-order valence-electron chi connectivity index (χ3n) is 5.62. The van der Waals surface area contributed by atoms with Crippen molar-refractivity contribution in [3.63, 3.8) is 0 Å². The molecule has 1 aliphatic heterocycles. The fourth-order valence-electron chi connectivity index (χ4n) is 4.67. The van der Waals surface area contributed by atoms with Crippen LogP contribution in [-0.4, -0.2) is 40.8 Å². The van der Waals surface area contributed by atoms with Gasteiger partial charge < -0.3 is 10.2 Å². The normalized spacial score (nSPS) is 20.1. The van der Waals surface area contributed by atoms with Gasteiger partial charge in [-0.3, -0.25) is 5.10 Å². The van der Waals surface area contributed by atoms with E-state index in [-0.39, 0.29) is 24.8 Å². The molecule has 0 bridgehead atoms. The molecule has 4 nitrogen and oxygen atoms in total. The number of H-pyrrole nitrogens is 1. The summed E-state index contributed by atoms with van der Waals surface area (Å²) in [6.07, 6.45) is 6.84. The molecular formula is C20H30Cl2N4. The van der Waals surface area contributed by atoms with Gasteiger partial charge in [-0.15, -0.1) is 24.8 Å². The van der Waals surface area contributed by atoms with Gasteiger partial charge in [0.05, 0.1) is 5.69 Å². The number of anilines is 1. The molecule has 144 valence electrons. The largest absolute Gasteiger partial charge is 0.384 e. The summed E-state index contributed by atoms with van der Waals surface area (Å²) in [6.45, 7) is 8.11. The lowest BCUT2D eigenvalue weighted by atomic mass is 9.78. The summed E-state index contributed by atoms with van der Waals surface area (Å²) in [7, 11) is 0. The van der Waals surface area contributed by atoms with Crippen LogP contribution in [0, 0.1) is 0 Å². The van der Waals surface area contributed by atoms with Crippen molar-refractivity contribution < 1.29 is 0 Å². The van der Waals surface area contributed by atoms with Crippen LogP contribution < -0.4 is 5.32 Å². The first-order chi connectivity index (χ1) is 11.8. The SMILES string of the molecule is CCCN(CCC)[C@H]1Cc2c(-c3cc[nH]n3)ccc3c2[C@@H](CN3)C1.Cl.Cl. The Balaban J connectivity index is 0.00000121. The Morgan fingerprint density at radius 3 is 2.54 bits per heavy atom. The minimum atomic E-state index is 0. The van der Waals surface area contributed by atoms with Crippen molar-refractivity contribution in [2.24, 2.45) is 0 Å². The van der Waals surface area contributed by atoms with Crippen LogP contribution in [0.25, 0.3) is 11.3 Å². The van der Waals surface area contributed by atoms with E-state index in [1.165, 1.54) is 49.2 Å². The van der Waals surface area contributed by atoms with Crippen LogP contribution in [0.1, 0.15) is 50.2 Å². The van der Waals surface area contributed by atoms with E-state index < -0.39 is 0 Å². The molecule has 1 aromatic carbocycles. The molecule has 2 atom stereocenters. The van der Waals surface area contributed by atoms with Gasteiger partial charge in [-0.1, -0.05) is 19.9 Å². The standard InChI is InChI=1S/C20H28N4.2ClH/c1-3-9-24(10-4-2)15-11-14-13-21-19-6-5-16(17(12-15)20(14)19)18-7-8-22-23-18;;/h5-8,14-15,21H,3-4,9-13H2,1-2H3,(H,22,23);2*1H/t14-,15-;;/m1../s1. The van der Waals surface area contributed by atoms with Gasteiger partial charge in [0.25, 0.3) is 0 Å². The Morgan fingerprint density at radius 1 is 1.12 bits per heavy atom. The number of aromatic nitrogens is 2. The number of nitrogens with zero attached hydrogens (tertiary/aromatic N) is 2. The molecule has 2 aliphatic rings. The average molecular weight is 397 g/mol. The zero-order chi connectivity index (χ0) is 16.5. The average Bonchev–Trinajstić information content (AvgIpc) is 3.26. The van der Waals surface area contributed by atoms with Gasteiger partial charge in [-0.25, -0.2) is 0 Å². The lowest BCUT2D eigenvalue weighted by molar-refractivity contribution is 0.173. The zero-order valence-corrected chi connectivity index (χ0v) is 17.3. The van der Waals surface area contributed by atoms with Gasteiger partial charge in [0, 0.05) is 36.0 Å². The second kappa shape index (κ2) is 9.12. The Bertz CT molecular complexity index is 696. The molecule has 1 aliphatic carbocycles. The smallest absolute Gasteiger partial charge is 0.0923 e. The molecule has 0 spiro atoms. The first-order valence-corrected chi connectivity index (χ1v) is 9.45. The lowest BCUT2D eigenvalue weighted by Crippen LogP contribution is -2.41. The molecule has 6 heteroatoms. The second-order valence-electron chi connectivity index (χ2n) is 7.22. The molecule has 2 aromatic rings. The van der Waals surface area contributed by atoms with Crippen molar-refractivity contribution in [1.82, 2.24) is 15.1 Å². The maximum atomic E-state index is 4.45. The van der Waals surface area contributed by atoms with Gasteiger partial charge in [0.2, 0.25) is 0 Å². The molecule has 0 fully saturated rings. The predicted octanol–water partition coefficient (Wildman–Crippen LogP) is 4.87. The number of halogens is 2. The Kier molecular flexibility index (Phi) is 7.39. The highest BCUT2D eigenvalue weighted by Gasteiger charge is 2.36. The molecule has 2 N–H and O–H groups in total. The molecular weight excluding hydrogens is 367 g/mol. The molecule has 0 saturated heterocycles. The first-order valence-electron chi connectivity index (χ1n) is 9.45. The summed E-state index contributed by atoms with van der Waals surface area (Å²) in [6, 6.07) is 7.26. The van der Waals surface area contributed by atoms with Crippen LogP contribution >= 0.6 is 24.8 Å². The fourth-order valence-corrected chi connectivity index (χ4v) is 4.67. The van der Waals surface area contributed by atoms with Crippen LogP contribution in [0.4, 0.5) is 5.69 Å². The Morgan fingerprint density at radius 2 is 1.88 bits per heavy atom. The minimum absolute atomic E-state index is 0. The molecule has 0 radical (unpaired) electrons. The Labute approximate surface area is 169 Å². The van der Waals surface area contributed by atoms with Crippen LogP contribution in [-0.2, 0) is 6.42 Å². The number of hydrogen-bond donors (Lipinski definition) is 2. The van der Waals surface area contributed by atoms with Crippen LogP contribution in [0.3, 0.4) is 0 Å². The third-order valence-corrected chi connectivity index (χ3v) is 5.62. The summed E-state index contributed by atoms with van der Waals surface area (Å²) >= 11 is 0. The summed E-state index contributed by atoms with van der Waals surface area (Å²) in [5.74, 6) is 0.656. The van der Waals surface area contributed by atoms with E-state index in [0.717, 1.165) is 18.7 Å². The fraction of sp³-hybridized carbons (Fsp3) is 0.550. The van der Waals surface area contributed by atoms with Gasteiger partial charge in [-0.2, -0.15) is 5.10 Å². The van der Waals surface area contributed by atoms with E-state index in [2.05, 4.69) is 52.5 Å². The van der Waals surface area contributed by atoms with Crippen molar-refractivity contribution in [1.29, 1.82) is 0 Å². The van der Waals surface area contributed by atoms with E-state index in [1.54, 1.807) is 5.56 Å². The molecule has 0 saturated carbocycles. The van der Waals surface area contributed by atoms with Gasteiger partial charge >= 0.3 is 0 Å². The van der Waals surface area contributed by atoms with Crippen molar-refractivity contribution >= 4 is 30.5 Å². The number of hydrogen-bond acceptors (Lipinski definition) is 3. The zero-order valence-electron chi connectivity index (χ0n) is 15.6. The van der Waals surface area contributed by atoms with Crippen molar-refractivity contribution in [3.05, 3.63) is 35.5 Å². The second-order valence-corrected chi connectivity index (χ2v) is 7.22. The maximum Gasteiger partial charge on any atom is 0.0923 e. The molecule has 0 amide bonds. The molecule has 1 aromatic heterocycles.